The monoisotopic (exact) mass is 140 g/mol. The van der Waals surface area contributed by atoms with E-state index >= 15 is 0 Å². The molecule has 0 amide bonds. The molecule has 4 heteroatoms. The van der Waals surface area contributed by atoms with Gasteiger partial charge in [0.05, 0.1) is 0 Å². The van der Waals surface area contributed by atoms with E-state index in [9.17, 15) is 9.90 Å². The summed E-state index contributed by atoms with van der Waals surface area (Å²) >= 11 is 0. The maximum Gasteiger partial charge on any atom is 1.00 e. The standard InChI is InChI=1S/C5H10O3.Na/c1-4(2-3-6)5(7)8;/h4,6H,2-3H2,1H3,(H,7,8);/q;+1/p-1. The Morgan fingerprint density at radius 2 is 2.22 bits per heavy atom. The molecule has 0 spiro atoms. The summed E-state index contributed by atoms with van der Waals surface area (Å²) in [5, 5.41) is 18.1. The fourth-order valence-corrected chi connectivity index (χ4v) is 0.312. The van der Waals surface area contributed by atoms with Gasteiger partial charge in [0, 0.05) is 12.6 Å². The van der Waals surface area contributed by atoms with Crippen LogP contribution in [0.15, 0.2) is 0 Å². The first-order valence-electron chi connectivity index (χ1n) is 2.50. The van der Waals surface area contributed by atoms with Crippen molar-refractivity contribution in [2.75, 3.05) is 6.61 Å². The van der Waals surface area contributed by atoms with E-state index < -0.39 is 11.9 Å². The van der Waals surface area contributed by atoms with Crippen molar-refractivity contribution in [2.45, 2.75) is 13.3 Å². The topological polar surface area (TPSA) is 60.4 Å². The molecule has 0 aliphatic rings. The normalized spacial score (nSPS) is 11.8. The molecule has 0 aliphatic heterocycles. The molecule has 0 aromatic carbocycles. The van der Waals surface area contributed by atoms with Crippen molar-refractivity contribution in [3.05, 3.63) is 0 Å². The molecule has 3 nitrogen and oxygen atoms in total. The van der Waals surface area contributed by atoms with E-state index in [2.05, 4.69) is 0 Å². The Labute approximate surface area is 76.4 Å². The molecule has 0 rings (SSSR count). The molecular weight excluding hydrogens is 131 g/mol. The van der Waals surface area contributed by atoms with Gasteiger partial charge in [-0.15, -0.1) is 0 Å². The van der Waals surface area contributed by atoms with Crippen molar-refractivity contribution >= 4 is 5.97 Å². The van der Waals surface area contributed by atoms with Crippen molar-refractivity contribution in [3.63, 3.8) is 0 Å². The molecule has 1 atom stereocenters. The molecule has 0 bridgehead atoms. The number of carboxylic acids is 1. The van der Waals surface area contributed by atoms with Gasteiger partial charge in [-0.25, -0.2) is 0 Å². The SMILES string of the molecule is CC(CCO)C(=O)[O-].[Na+]. The van der Waals surface area contributed by atoms with Gasteiger partial charge >= 0.3 is 29.6 Å². The number of aliphatic carboxylic acids is 1. The third kappa shape index (κ3) is 6.31. The van der Waals surface area contributed by atoms with Crippen LogP contribution >= 0.6 is 0 Å². The van der Waals surface area contributed by atoms with Gasteiger partial charge < -0.3 is 15.0 Å². The molecule has 0 saturated carbocycles. The Morgan fingerprint density at radius 1 is 1.78 bits per heavy atom. The van der Waals surface area contributed by atoms with Gasteiger partial charge in [-0.3, -0.25) is 0 Å². The summed E-state index contributed by atoms with van der Waals surface area (Å²) in [6, 6.07) is 0. The molecule has 1 unspecified atom stereocenters. The van der Waals surface area contributed by atoms with Crippen LogP contribution in [0.5, 0.6) is 0 Å². The summed E-state index contributed by atoms with van der Waals surface area (Å²) in [5.41, 5.74) is 0. The number of hydrogen-bond donors (Lipinski definition) is 1. The third-order valence-electron chi connectivity index (χ3n) is 0.964. The van der Waals surface area contributed by atoms with Gasteiger partial charge in [0.25, 0.3) is 0 Å². The summed E-state index contributed by atoms with van der Waals surface area (Å²) in [4.78, 5) is 9.87. The number of rotatable bonds is 3. The summed E-state index contributed by atoms with van der Waals surface area (Å²) < 4.78 is 0. The number of carbonyl (C=O) groups is 1. The van der Waals surface area contributed by atoms with E-state index in [1.165, 1.54) is 6.92 Å². The Kier molecular flexibility index (Phi) is 8.83. The maximum atomic E-state index is 9.87. The van der Waals surface area contributed by atoms with Gasteiger partial charge in [0.15, 0.2) is 0 Å². The largest absolute Gasteiger partial charge is 1.00 e. The van der Waals surface area contributed by atoms with Crippen LogP contribution in [-0.4, -0.2) is 17.7 Å². The summed E-state index contributed by atoms with van der Waals surface area (Å²) in [6.07, 6.45) is 0.280. The Balaban J connectivity index is 0. The summed E-state index contributed by atoms with van der Waals surface area (Å²) in [6.45, 7) is 1.42. The van der Waals surface area contributed by atoms with E-state index in [-0.39, 0.29) is 42.6 Å². The van der Waals surface area contributed by atoms with Gasteiger partial charge in [-0.05, 0) is 12.3 Å². The smallest absolute Gasteiger partial charge is 0.550 e. The van der Waals surface area contributed by atoms with Crippen LogP contribution in [0.3, 0.4) is 0 Å². The molecule has 0 aromatic rings. The summed E-state index contributed by atoms with van der Waals surface area (Å²) in [7, 11) is 0. The predicted octanol–water partition coefficient (Wildman–Crippen LogP) is -4.24. The number of aliphatic hydroxyl groups excluding tert-OH is 1. The van der Waals surface area contributed by atoms with Gasteiger partial charge in [-0.2, -0.15) is 0 Å². The Morgan fingerprint density at radius 3 is 2.33 bits per heavy atom. The zero-order valence-corrected chi connectivity index (χ0v) is 7.76. The number of aliphatic hydroxyl groups is 1. The molecule has 48 valence electrons. The second-order valence-electron chi connectivity index (χ2n) is 1.73. The van der Waals surface area contributed by atoms with Crippen LogP contribution in [-0.2, 0) is 4.79 Å². The van der Waals surface area contributed by atoms with Crippen LogP contribution in [0.4, 0.5) is 0 Å². The minimum Gasteiger partial charge on any atom is -0.550 e. The third-order valence-corrected chi connectivity index (χ3v) is 0.964. The van der Waals surface area contributed by atoms with E-state index in [4.69, 9.17) is 5.11 Å². The van der Waals surface area contributed by atoms with E-state index in [1.54, 1.807) is 0 Å². The van der Waals surface area contributed by atoms with Crippen molar-refractivity contribution in [1.82, 2.24) is 0 Å². The zero-order valence-electron chi connectivity index (χ0n) is 5.76. The molecule has 0 fully saturated rings. The van der Waals surface area contributed by atoms with Crippen LogP contribution in [0, 0.1) is 5.92 Å². The minimum atomic E-state index is -1.10. The van der Waals surface area contributed by atoms with Gasteiger partial charge in [0.2, 0.25) is 0 Å². The first-order chi connectivity index (χ1) is 3.68. The first-order valence-corrected chi connectivity index (χ1v) is 2.50. The van der Waals surface area contributed by atoms with Crippen molar-refractivity contribution in [1.29, 1.82) is 0 Å². The van der Waals surface area contributed by atoms with Crippen LogP contribution < -0.4 is 34.7 Å². The molecule has 0 saturated heterocycles. The predicted molar refractivity (Wildman–Crippen MR) is 25.9 cm³/mol. The second kappa shape index (κ2) is 6.55. The fraction of sp³-hybridized carbons (Fsp3) is 0.800. The molecule has 0 aromatic heterocycles. The van der Waals surface area contributed by atoms with E-state index in [1.807, 2.05) is 0 Å². The van der Waals surface area contributed by atoms with E-state index in [0.29, 0.717) is 0 Å². The molecule has 0 radical (unpaired) electrons. The van der Waals surface area contributed by atoms with Crippen LogP contribution in [0.1, 0.15) is 13.3 Å². The molecule has 9 heavy (non-hydrogen) atoms. The number of carboxylic acid groups (broad SMARTS) is 1. The molecule has 0 aliphatic carbocycles. The molecule has 1 N–H and O–H groups in total. The average molecular weight is 140 g/mol. The minimum absolute atomic E-state index is 0. The van der Waals surface area contributed by atoms with Crippen molar-refractivity contribution in [2.24, 2.45) is 5.92 Å². The van der Waals surface area contributed by atoms with Crippen LogP contribution in [0.25, 0.3) is 0 Å². The summed E-state index contributed by atoms with van der Waals surface area (Å²) in [5.74, 6) is -1.63. The molecule has 0 heterocycles. The van der Waals surface area contributed by atoms with Crippen molar-refractivity contribution in [3.8, 4) is 0 Å². The van der Waals surface area contributed by atoms with Gasteiger partial charge in [0.1, 0.15) is 0 Å². The zero-order chi connectivity index (χ0) is 6.57. The van der Waals surface area contributed by atoms with Gasteiger partial charge in [-0.1, -0.05) is 6.92 Å². The Hall–Kier alpha value is 0.430. The fourth-order valence-electron chi connectivity index (χ4n) is 0.312. The number of hydrogen-bond acceptors (Lipinski definition) is 3. The Bertz CT molecular complexity index is 84.3. The quantitative estimate of drug-likeness (QED) is 0.404. The first kappa shape index (κ1) is 12.1. The second-order valence-corrected chi connectivity index (χ2v) is 1.73. The van der Waals surface area contributed by atoms with Crippen LogP contribution in [0.2, 0.25) is 0 Å². The maximum absolute atomic E-state index is 9.87. The average Bonchev–Trinajstić information content (AvgIpc) is 1.67. The number of carbonyl (C=O) groups excluding carboxylic acids is 1. The van der Waals surface area contributed by atoms with Crippen molar-refractivity contribution < 1.29 is 44.6 Å². The molecular formula is C5H9NaO3. The van der Waals surface area contributed by atoms with E-state index in [0.717, 1.165) is 0 Å².